The van der Waals surface area contributed by atoms with Gasteiger partial charge in [-0.2, -0.15) is 0 Å². The van der Waals surface area contributed by atoms with Crippen LogP contribution in [0.2, 0.25) is 0 Å². The molecule has 0 heterocycles. The van der Waals surface area contributed by atoms with E-state index in [4.69, 9.17) is 10.5 Å². The minimum absolute atomic E-state index is 0.130. The monoisotopic (exact) mass is 332 g/mol. The van der Waals surface area contributed by atoms with E-state index in [1.807, 2.05) is 0 Å². The molecule has 0 radical (unpaired) electrons. The number of methoxy groups -OCH3 is 1. The van der Waals surface area contributed by atoms with E-state index in [9.17, 15) is 14.9 Å². The normalized spacial score (nSPS) is 13.5. The van der Waals surface area contributed by atoms with Gasteiger partial charge in [0.1, 0.15) is 22.4 Å². The van der Waals surface area contributed by atoms with E-state index in [1.54, 1.807) is 0 Å². The Morgan fingerprint density at radius 3 is 2.74 bits per heavy atom. The molecule has 0 aliphatic carbocycles. The molecule has 0 amide bonds. The molecule has 0 spiro atoms. The van der Waals surface area contributed by atoms with Gasteiger partial charge in [0.25, 0.3) is 5.69 Å². The lowest BCUT2D eigenvalue weighted by molar-refractivity contribution is -0.385. The number of benzene rings is 1. The highest BCUT2D eigenvalue weighted by molar-refractivity contribution is 9.10. The van der Waals surface area contributed by atoms with Crippen molar-refractivity contribution >= 4 is 27.6 Å². The quantitative estimate of drug-likeness (QED) is 0.499. The number of halogens is 1. The van der Waals surface area contributed by atoms with E-state index in [2.05, 4.69) is 20.7 Å². The molecule has 1 unspecified atom stereocenters. The van der Waals surface area contributed by atoms with Crippen LogP contribution in [0.1, 0.15) is 6.92 Å². The molecule has 2 N–H and O–H groups in total. The molecule has 0 bridgehead atoms. The van der Waals surface area contributed by atoms with Crippen molar-refractivity contribution in [2.24, 2.45) is 5.73 Å². The zero-order valence-electron chi connectivity index (χ0n) is 10.4. The first-order valence-corrected chi connectivity index (χ1v) is 6.02. The SMILES string of the molecule is COC(=O)C(C)(N)COc1cccc([N+](=O)[O-])c1Br. The molecule has 19 heavy (non-hydrogen) atoms. The fourth-order valence-corrected chi connectivity index (χ4v) is 1.80. The van der Waals surface area contributed by atoms with Crippen molar-refractivity contribution in [1.29, 1.82) is 0 Å². The van der Waals surface area contributed by atoms with Gasteiger partial charge in [0.05, 0.1) is 12.0 Å². The predicted octanol–water partition coefficient (Wildman–Crippen LogP) is 1.63. The summed E-state index contributed by atoms with van der Waals surface area (Å²) in [7, 11) is 1.22. The van der Waals surface area contributed by atoms with Crippen LogP contribution in [0.4, 0.5) is 5.69 Å². The Morgan fingerprint density at radius 1 is 1.58 bits per heavy atom. The Kier molecular flexibility index (Phi) is 4.84. The maximum Gasteiger partial charge on any atom is 0.329 e. The summed E-state index contributed by atoms with van der Waals surface area (Å²) < 4.78 is 10.1. The van der Waals surface area contributed by atoms with E-state index in [0.717, 1.165) is 0 Å². The second-order valence-electron chi connectivity index (χ2n) is 4.04. The number of nitrogens with two attached hydrogens (primary N) is 1. The third-order valence-electron chi connectivity index (χ3n) is 2.32. The molecule has 104 valence electrons. The molecule has 8 heteroatoms. The maximum absolute atomic E-state index is 11.4. The Labute approximate surface area is 118 Å². The molecule has 0 aromatic heterocycles. The zero-order valence-corrected chi connectivity index (χ0v) is 12.0. The largest absolute Gasteiger partial charge is 0.490 e. The van der Waals surface area contributed by atoms with Crippen LogP contribution in [0.15, 0.2) is 22.7 Å². The van der Waals surface area contributed by atoms with Crippen LogP contribution in [0.25, 0.3) is 0 Å². The van der Waals surface area contributed by atoms with Crippen molar-refractivity contribution < 1.29 is 19.2 Å². The van der Waals surface area contributed by atoms with Crippen molar-refractivity contribution in [3.05, 3.63) is 32.8 Å². The van der Waals surface area contributed by atoms with Crippen LogP contribution < -0.4 is 10.5 Å². The lowest BCUT2D eigenvalue weighted by atomic mass is 10.1. The predicted molar refractivity (Wildman–Crippen MR) is 70.9 cm³/mol. The third-order valence-corrected chi connectivity index (χ3v) is 3.12. The van der Waals surface area contributed by atoms with Crippen LogP contribution in [0.5, 0.6) is 5.75 Å². The topological polar surface area (TPSA) is 105 Å². The highest BCUT2D eigenvalue weighted by atomic mass is 79.9. The van der Waals surface area contributed by atoms with E-state index in [0.29, 0.717) is 0 Å². The number of nitro groups is 1. The van der Waals surface area contributed by atoms with Crippen LogP contribution in [-0.2, 0) is 9.53 Å². The molecule has 1 rings (SSSR count). The van der Waals surface area contributed by atoms with Gasteiger partial charge < -0.3 is 15.2 Å². The fraction of sp³-hybridized carbons (Fsp3) is 0.364. The maximum atomic E-state index is 11.4. The average Bonchev–Trinajstić information content (AvgIpc) is 2.36. The average molecular weight is 333 g/mol. The summed E-state index contributed by atoms with van der Waals surface area (Å²) in [6, 6.07) is 4.34. The smallest absolute Gasteiger partial charge is 0.329 e. The lowest BCUT2D eigenvalue weighted by Gasteiger charge is -2.21. The number of hydrogen-bond donors (Lipinski definition) is 1. The number of nitro benzene ring substituents is 1. The summed E-state index contributed by atoms with van der Waals surface area (Å²) in [6.45, 7) is 1.28. The third kappa shape index (κ3) is 3.65. The molecule has 0 saturated carbocycles. The van der Waals surface area contributed by atoms with Crippen LogP contribution >= 0.6 is 15.9 Å². The molecule has 1 atom stereocenters. The van der Waals surface area contributed by atoms with Gasteiger partial charge in [0, 0.05) is 6.07 Å². The van der Waals surface area contributed by atoms with Crippen molar-refractivity contribution in [3.8, 4) is 5.75 Å². The van der Waals surface area contributed by atoms with Gasteiger partial charge in [-0.25, -0.2) is 4.79 Å². The van der Waals surface area contributed by atoms with Crippen molar-refractivity contribution in [3.63, 3.8) is 0 Å². The molecule has 7 nitrogen and oxygen atoms in total. The molecule has 1 aromatic rings. The van der Waals surface area contributed by atoms with Gasteiger partial charge in [-0.1, -0.05) is 6.07 Å². The molecule has 0 aliphatic heterocycles. The number of esters is 1. The highest BCUT2D eigenvalue weighted by Crippen LogP contribution is 2.34. The van der Waals surface area contributed by atoms with Gasteiger partial charge in [-0.05, 0) is 28.9 Å². The summed E-state index contributed by atoms with van der Waals surface area (Å²) in [5.41, 5.74) is 4.25. The first-order chi connectivity index (χ1) is 8.79. The van der Waals surface area contributed by atoms with Crippen LogP contribution in [0, 0.1) is 10.1 Å². The number of carbonyl (C=O) groups excluding carboxylic acids is 1. The summed E-state index contributed by atoms with van der Waals surface area (Å²) in [6.07, 6.45) is 0. The van der Waals surface area contributed by atoms with Gasteiger partial charge in [0.2, 0.25) is 0 Å². The zero-order chi connectivity index (χ0) is 14.6. The summed E-state index contributed by atoms with van der Waals surface area (Å²) in [5.74, 6) is -0.399. The summed E-state index contributed by atoms with van der Waals surface area (Å²) in [5, 5.41) is 10.8. The van der Waals surface area contributed by atoms with Crippen LogP contribution in [-0.4, -0.2) is 30.1 Å². The molecular weight excluding hydrogens is 320 g/mol. The first-order valence-electron chi connectivity index (χ1n) is 5.22. The Morgan fingerprint density at radius 2 is 2.21 bits per heavy atom. The molecule has 0 fully saturated rings. The Bertz CT molecular complexity index is 504. The summed E-state index contributed by atoms with van der Waals surface area (Å²) >= 11 is 3.08. The Hall–Kier alpha value is -1.67. The Balaban J connectivity index is 2.87. The molecule has 1 aromatic carbocycles. The lowest BCUT2D eigenvalue weighted by Crippen LogP contribution is -2.50. The van der Waals surface area contributed by atoms with E-state index >= 15 is 0 Å². The standard InChI is InChI=1S/C11H13BrN2O5/c1-11(13,10(15)18-2)6-19-8-5-3-4-7(9(8)12)14(16)17/h3-5H,6,13H2,1-2H3. The molecule has 0 saturated heterocycles. The number of hydrogen-bond acceptors (Lipinski definition) is 6. The van der Waals surface area contributed by atoms with Crippen molar-refractivity contribution in [1.82, 2.24) is 0 Å². The first kappa shape index (κ1) is 15.4. The highest BCUT2D eigenvalue weighted by Gasteiger charge is 2.31. The van der Waals surface area contributed by atoms with Gasteiger partial charge in [-0.3, -0.25) is 10.1 Å². The van der Waals surface area contributed by atoms with Crippen molar-refractivity contribution in [2.75, 3.05) is 13.7 Å². The van der Waals surface area contributed by atoms with Gasteiger partial charge in [-0.15, -0.1) is 0 Å². The van der Waals surface area contributed by atoms with Gasteiger partial charge >= 0.3 is 5.97 Å². The second kappa shape index (κ2) is 5.98. The summed E-state index contributed by atoms with van der Waals surface area (Å²) in [4.78, 5) is 21.6. The van der Waals surface area contributed by atoms with E-state index in [-0.39, 0.29) is 22.5 Å². The van der Waals surface area contributed by atoms with E-state index < -0.39 is 16.4 Å². The minimum atomic E-state index is -1.33. The van der Waals surface area contributed by atoms with Crippen LogP contribution in [0.3, 0.4) is 0 Å². The molecule has 0 aliphatic rings. The molecular formula is C11H13BrN2O5. The van der Waals surface area contributed by atoms with Crippen molar-refractivity contribution in [2.45, 2.75) is 12.5 Å². The number of nitrogens with zero attached hydrogens (tertiary/aromatic N) is 1. The van der Waals surface area contributed by atoms with E-state index in [1.165, 1.54) is 32.2 Å². The minimum Gasteiger partial charge on any atom is -0.490 e. The number of carbonyl (C=O) groups is 1. The second-order valence-corrected chi connectivity index (χ2v) is 4.84. The number of rotatable bonds is 5. The number of ether oxygens (including phenoxy) is 2. The van der Waals surface area contributed by atoms with Gasteiger partial charge in [0.15, 0.2) is 0 Å². The fourth-order valence-electron chi connectivity index (χ4n) is 1.27.